The maximum Gasteiger partial charge on any atom is 0.270 e. The molecule has 0 spiro atoms. The largest absolute Gasteiger partial charge is 0.497 e. The molecular formula is C30H27N5O6S. The summed E-state index contributed by atoms with van der Waals surface area (Å²) in [6, 6.07) is 19.3. The summed E-state index contributed by atoms with van der Waals surface area (Å²) < 4.78 is 15.9. The SMILES string of the molecule is COc1ccc(NC(=O)CSC2=Nc3ccccc3C3=NC(=O)C(CCC(=O)NCc4ccc5c(c4)OCO5)N23)cc1. The minimum atomic E-state index is -0.708. The summed E-state index contributed by atoms with van der Waals surface area (Å²) in [5, 5.41) is 6.24. The molecule has 3 aromatic carbocycles. The first-order valence-corrected chi connectivity index (χ1v) is 14.3. The number of thioether (sulfide) groups is 1. The first-order valence-electron chi connectivity index (χ1n) is 13.3. The van der Waals surface area contributed by atoms with Crippen LogP contribution >= 0.6 is 11.8 Å². The Labute approximate surface area is 246 Å². The van der Waals surface area contributed by atoms with Gasteiger partial charge in [0.1, 0.15) is 17.6 Å². The Morgan fingerprint density at radius 2 is 1.83 bits per heavy atom. The minimum absolute atomic E-state index is 0.0632. The summed E-state index contributed by atoms with van der Waals surface area (Å²) in [7, 11) is 1.58. The van der Waals surface area contributed by atoms with Crippen molar-refractivity contribution in [2.45, 2.75) is 25.4 Å². The van der Waals surface area contributed by atoms with Gasteiger partial charge in [-0.2, -0.15) is 4.99 Å². The van der Waals surface area contributed by atoms with Crippen molar-refractivity contribution in [1.29, 1.82) is 0 Å². The minimum Gasteiger partial charge on any atom is -0.497 e. The van der Waals surface area contributed by atoms with Gasteiger partial charge in [0.2, 0.25) is 18.6 Å². The van der Waals surface area contributed by atoms with E-state index >= 15 is 0 Å². The van der Waals surface area contributed by atoms with Gasteiger partial charge in [-0.3, -0.25) is 19.3 Å². The van der Waals surface area contributed by atoms with Crippen LogP contribution in [0.15, 0.2) is 76.7 Å². The van der Waals surface area contributed by atoms with Gasteiger partial charge in [-0.1, -0.05) is 30.0 Å². The molecule has 0 bridgehead atoms. The molecule has 3 heterocycles. The fourth-order valence-corrected chi connectivity index (χ4v) is 5.63. The van der Waals surface area contributed by atoms with Crippen molar-refractivity contribution in [3.63, 3.8) is 0 Å². The van der Waals surface area contributed by atoms with Crippen molar-refractivity contribution in [3.05, 3.63) is 77.9 Å². The number of hydrogen-bond acceptors (Lipinski definition) is 9. The predicted octanol–water partition coefficient (Wildman–Crippen LogP) is 3.85. The molecule has 12 heteroatoms. The van der Waals surface area contributed by atoms with Crippen LogP contribution < -0.4 is 24.8 Å². The first-order chi connectivity index (χ1) is 20.5. The average molecular weight is 586 g/mol. The van der Waals surface area contributed by atoms with Gasteiger partial charge in [0.15, 0.2) is 16.7 Å². The molecule has 11 nitrogen and oxygen atoms in total. The van der Waals surface area contributed by atoms with Gasteiger partial charge in [0.25, 0.3) is 5.91 Å². The number of methoxy groups -OCH3 is 1. The van der Waals surface area contributed by atoms with E-state index in [0.29, 0.717) is 46.2 Å². The highest BCUT2D eigenvalue weighted by atomic mass is 32.2. The smallest absolute Gasteiger partial charge is 0.270 e. The Hall–Kier alpha value is -4.84. The lowest BCUT2D eigenvalue weighted by molar-refractivity contribution is -0.122. The molecule has 0 aliphatic carbocycles. The fourth-order valence-electron chi connectivity index (χ4n) is 4.79. The van der Waals surface area contributed by atoms with E-state index in [-0.39, 0.29) is 43.1 Å². The third-order valence-corrected chi connectivity index (χ3v) is 7.84. The van der Waals surface area contributed by atoms with Crippen molar-refractivity contribution in [1.82, 2.24) is 10.2 Å². The summed E-state index contributed by atoms with van der Waals surface area (Å²) >= 11 is 1.21. The number of aliphatic imine (C=N–C) groups is 2. The topological polar surface area (TPSA) is 131 Å². The molecule has 0 saturated heterocycles. The van der Waals surface area contributed by atoms with Gasteiger partial charge in [-0.15, -0.1) is 0 Å². The van der Waals surface area contributed by atoms with Gasteiger partial charge in [-0.25, -0.2) is 4.99 Å². The van der Waals surface area contributed by atoms with Gasteiger partial charge in [-0.05, 0) is 60.5 Å². The maximum absolute atomic E-state index is 13.1. The zero-order chi connectivity index (χ0) is 29.1. The number of nitrogens with zero attached hydrogens (tertiary/aromatic N) is 3. The van der Waals surface area contributed by atoms with Crippen LogP contribution in [0.4, 0.5) is 11.4 Å². The van der Waals surface area contributed by atoms with Gasteiger partial charge in [0, 0.05) is 24.2 Å². The molecule has 0 saturated carbocycles. The van der Waals surface area contributed by atoms with Crippen LogP contribution in [0.5, 0.6) is 17.2 Å². The monoisotopic (exact) mass is 585 g/mol. The molecule has 0 aromatic heterocycles. The van der Waals surface area contributed by atoms with E-state index in [2.05, 4.69) is 15.6 Å². The third-order valence-electron chi connectivity index (χ3n) is 6.89. The molecule has 3 aliphatic rings. The number of nitrogens with one attached hydrogen (secondary N) is 2. The summed E-state index contributed by atoms with van der Waals surface area (Å²) in [6.07, 6.45) is 0.344. The van der Waals surface area contributed by atoms with E-state index in [1.807, 2.05) is 42.5 Å². The lowest BCUT2D eigenvalue weighted by Gasteiger charge is -2.31. The number of anilines is 1. The van der Waals surface area contributed by atoms with E-state index in [9.17, 15) is 14.4 Å². The van der Waals surface area contributed by atoms with Crippen molar-refractivity contribution in [3.8, 4) is 17.2 Å². The molecule has 1 atom stereocenters. The molecular weight excluding hydrogens is 558 g/mol. The highest BCUT2D eigenvalue weighted by Gasteiger charge is 2.41. The number of ether oxygens (including phenoxy) is 3. The van der Waals surface area contributed by atoms with Crippen molar-refractivity contribution in [2.75, 3.05) is 25.0 Å². The Balaban J connectivity index is 1.10. The molecule has 3 aliphatic heterocycles. The highest BCUT2D eigenvalue weighted by molar-refractivity contribution is 8.14. The zero-order valence-corrected chi connectivity index (χ0v) is 23.5. The highest BCUT2D eigenvalue weighted by Crippen LogP contribution is 2.35. The van der Waals surface area contributed by atoms with Crippen LogP contribution in [-0.2, 0) is 20.9 Å². The van der Waals surface area contributed by atoms with Crippen molar-refractivity contribution >= 4 is 51.9 Å². The fraction of sp³-hybridized carbons (Fsp3) is 0.233. The lowest BCUT2D eigenvalue weighted by Crippen LogP contribution is -2.44. The molecule has 0 radical (unpaired) electrons. The van der Waals surface area contributed by atoms with Crippen LogP contribution in [0.1, 0.15) is 24.0 Å². The Morgan fingerprint density at radius 3 is 2.67 bits per heavy atom. The molecule has 1 unspecified atom stereocenters. The van der Waals surface area contributed by atoms with Crippen LogP contribution in [0.3, 0.4) is 0 Å². The Morgan fingerprint density at radius 1 is 1.02 bits per heavy atom. The van der Waals surface area contributed by atoms with E-state index in [1.165, 1.54) is 11.8 Å². The van der Waals surface area contributed by atoms with Gasteiger partial charge >= 0.3 is 0 Å². The molecule has 42 heavy (non-hydrogen) atoms. The number of benzene rings is 3. The molecule has 3 aromatic rings. The number of carbonyl (C=O) groups is 3. The number of hydrogen-bond donors (Lipinski definition) is 2. The quantitative estimate of drug-likeness (QED) is 0.387. The van der Waals surface area contributed by atoms with E-state index in [4.69, 9.17) is 19.2 Å². The second-order valence-corrected chi connectivity index (χ2v) is 10.6. The van der Waals surface area contributed by atoms with Crippen LogP contribution in [0.2, 0.25) is 0 Å². The molecule has 2 N–H and O–H groups in total. The van der Waals surface area contributed by atoms with E-state index in [0.717, 1.165) is 11.1 Å². The predicted molar refractivity (Wildman–Crippen MR) is 158 cm³/mol. The van der Waals surface area contributed by atoms with Gasteiger partial charge < -0.3 is 24.8 Å². The second-order valence-electron chi connectivity index (χ2n) is 9.64. The summed E-state index contributed by atoms with van der Waals surface area (Å²) in [6.45, 7) is 0.501. The number of rotatable bonds is 9. The summed E-state index contributed by atoms with van der Waals surface area (Å²) in [5.74, 6) is 1.79. The average Bonchev–Trinajstić information content (AvgIpc) is 3.61. The molecule has 0 fully saturated rings. The van der Waals surface area contributed by atoms with Crippen LogP contribution in [0, 0.1) is 0 Å². The van der Waals surface area contributed by atoms with Crippen molar-refractivity contribution in [2.24, 2.45) is 9.98 Å². The van der Waals surface area contributed by atoms with Crippen LogP contribution in [-0.4, -0.2) is 59.3 Å². The molecule has 3 amide bonds. The standard InChI is InChI=1S/C30H27N5O6S/c1-39-20-9-7-19(8-10-20)32-27(37)16-42-30-33-22-5-3-2-4-21(22)28-34-29(38)23(35(28)30)11-13-26(36)31-15-18-6-12-24-25(14-18)41-17-40-24/h2-10,12,14,23H,11,13,15-17H2,1H3,(H,31,36)(H,32,37). The third kappa shape index (κ3) is 5.79. The Bertz CT molecular complexity index is 1610. The normalized spacial score (nSPS) is 16.3. The van der Waals surface area contributed by atoms with Crippen molar-refractivity contribution < 1.29 is 28.6 Å². The molecule has 6 rings (SSSR count). The van der Waals surface area contributed by atoms with E-state index < -0.39 is 6.04 Å². The summed E-state index contributed by atoms with van der Waals surface area (Å²) in [4.78, 5) is 49.4. The maximum atomic E-state index is 13.1. The summed E-state index contributed by atoms with van der Waals surface area (Å²) in [5.41, 5.74) is 2.91. The number of carbonyl (C=O) groups excluding carboxylic acids is 3. The molecule has 214 valence electrons. The number of amides is 3. The second kappa shape index (κ2) is 12.0. The number of fused-ring (bicyclic) bond motifs is 4. The number of para-hydroxylation sites is 1. The van der Waals surface area contributed by atoms with E-state index in [1.54, 1.807) is 36.3 Å². The lowest BCUT2D eigenvalue weighted by atomic mass is 10.1. The zero-order valence-electron chi connectivity index (χ0n) is 22.7. The Kier molecular flexibility index (Phi) is 7.78. The van der Waals surface area contributed by atoms with Gasteiger partial charge in [0.05, 0.1) is 18.6 Å². The van der Waals surface area contributed by atoms with Crippen LogP contribution in [0.25, 0.3) is 0 Å². The first kappa shape index (κ1) is 27.3. The number of amidine groups is 2.